The van der Waals surface area contributed by atoms with E-state index < -0.39 is 46.6 Å². The number of phenolic OH excluding ortho intramolecular Hbond substituents is 1. The number of aliphatic hydroxyl groups excluding tert-OH is 1. The Balaban J connectivity index is 1.70. The molecule has 5 rings (SSSR count). The lowest BCUT2D eigenvalue weighted by molar-refractivity contribution is -0.148. The summed E-state index contributed by atoms with van der Waals surface area (Å²) in [5.41, 5.74) is 9.14. The van der Waals surface area contributed by atoms with E-state index in [0.29, 0.717) is 24.1 Å². The lowest BCUT2D eigenvalue weighted by Gasteiger charge is -2.55. The number of hydrogen-bond donors (Lipinski definition) is 5. The number of phenols is 1. The second-order valence-electron chi connectivity index (χ2n) is 9.97. The molecule has 1 saturated carbocycles. The Morgan fingerprint density at radius 2 is 1.94 bits per heavy atom. The summed E-state index contributed by atoms with van der Waals surface area (Å²) in [6.45, 7) is 0. The number of ketones is 1. The number of likely N-dealkylation sites (N-methyl/N-ethyl adjacent to an activating group) is 1. The number of carbonyl (C=O) groups excluding carboxylic acids is 2. The van der Waals surface area contributed by atoms with Crippen molar-refractivity contribution in [3.63, 3.8) is 0 Å². The molecule has 4 aliphatic rings. The maximum Gasteiger partial charge on any atom is 0.255 e. The Labute approximate surface area is 191 Å². The number of aromatic hydroxyl groups is 1. The Bertz CT molecular complexity index is 1140. The van der Waals surface area contributed by atoms with Gasteiger partial charge in [-0.1, -0.05) is 0 Å². The van der Waals surface area contributed by atoms with Gasteiger partial charge in [0.15, 0.2) is 5.78 Å². The number of nitrogens with two attached hydrogens (primary N) is 1. The van der Waals surface area contributed by atoms with Crippen LogP contribution in [-0.4, -0.2) is 83.5 Å². The zero-order chi connectivity index (χ0) is 24.0. The van der Waals surface area contributed by atoms with Crippen molar-refractivity contribution in [1.82, 2.24) is 10.3 Å². The second-order valence-corrected chi connectivity index (χ2v) is 9.97. The first-order valence-corrected chi connectivity index (χ1v) is 11.0. The minimum atomic E-state index is -1.92. The van der Waals surface area contributed by atoms with Crippen LogP contribution in [0.4, 0.5) is 5.69 Å². The maximum absolute atomic E-state index is 13.2. The molecule has 176 valence electrons. The SMILES string of the molecule is CN(C)c1ccc(O)c2c1C[C@H]1C[C@H]3[C@H](N(C)C)C(=O)C(C(N)=O)=C(O)[C@@]3(O)C3NN=C2C31. The number of hydrogen-bond acceptors (Lipinski definition) is 9. The van der Waals surface area contributed by atoms with Crippen molar-refractivity contribution in [1.29, 1.82) is 0 Å². The molecule has 1 fully saturated rings. The third kappa shape index (κ3) is 2.64. The number of primary amides is 1. The average molecular weight is 456 g/mol. The number of aliphatic hydroxyl groups is 2. The number of fused-ring (bicyclic) bond motifs is 4. The van der Waals surface area contributed by atoms with E-state index in [-0.39, 0.29) is 17.6 Å². The summed E-state index contributed by atoms with van der Waals surface area (Å²) in [6, 6.07) is 1.89. The van der Waals surface area contributed by atoms with Gasteiger partial charge in [0, 0.05) is 37.2 Å². The highest BCUT2D eigenvalue weighted by molar-refractivity contribution is 6.22. The van der Waals surface area contributed by atoms with Gasteiger partial charge < -0.3 is 31.4 Å². The first-order chi connectivity index (χ1) is 15.5. The van der Waals surface area contributed by atoms with E-state index >= 15 is 0 Å². The fourth-order valence-corrected chi connectivity index (χ4v) is 6.61. The number of rotatable bonds is 3. The highest BCUT2D eigenvalue weighted by atomic mass is 16.3. The molecule has 1 heterocycles. The molecule has 33 heavy (non-hydrogen) atoms. The molecule has 3 aliphatic carbocycles. The summed E-state index contributed by atoms with van der Waals surface area (Å²) in [5.74, 6) is -3.24. The zero-order valence-corrected chi connectivity index (χ0v) is 19.0. The highest BCUT2D eigenvalue weighted by Gasteiger charge is 2.67. The van der Waals surface area contributed by atoms with Crippen molar-refractivity contribution in [2.75, 3.05) is 33.1 Å². The van der Waals surface area contributed by atoms with E-state index in [4.69, 9.17) is 5.73 Å². The van der Waals surface area contributed by atoms with Gasteiger partial charge in [0.2, 0.25) is 0 Å². The number of carbonyl (C=O) groups is 2. The second kappa shape index (κ2) is 6.94. The van der Waals surface area contributed by atoms with Crippen molar-refractivity contribution in [2.45, 2.75) is 30.5 Å². The molecule has 0 bridgehead atoms. The van der Waals surface area contributed by atoms with Crippen molar-refractivity contribution in [3.05, 3.63) is 34.6 Å². The van der Waals surface area contributed by atoms with E-state index in [1.807, 2.05) is 25.1 Å². The quantitative estimate of drug-likeness (QED) is 0.382. The molecule has 2 unspecified atom stereocenters. The predicted molar refractivity (Wildman–Crippen MR) is 121 cm³/mol. The van der Waals surface area contributed by atoms with Gasteiger partial charge >= 0.3 is 0 Å². The molecular formula is C23H29N5O5. The third-order valence-corrected chi connectivity index (χ3v) is 7.89. The molecule has 1 aliphatic heterocycles. The molecule has 6 atom stereocenters. The van der Waals surface area contributed by atoms with E-state index in [2.05, 4.69) is 10.5 Å². The summed E-state index contributed by atoms with van der Waals surface area (Å²) in [4.78, 5) is 29.0. The smallest absolute Gasteiger partial charge is 0.255 e. The standard InChI is InChI=1S/C23H29N5O5/c1-27(2)12-5-6-13(29)15-10(12)7-9-8-11-18(28(3)4)19(30)16(22(24)32)21(31)23(11,33)20-14(9)17(15)25-26-20/h5-6,9,11,14,18,20,26,29,31,33H,7-8H2,1-4H3,(H2,24,32)/t9-,11-,14?,18-,20?,23-/m0/s1. The summed E-state index contributed by atoms with van der Waals surface area (Å²) < 4.78 is 0. The molecule has 0 radical (unpaired) electrons. The van der Waals surface area contributed by atoms with Crippen LogP contribution < -0.4 is 16.1 Å². The van der Waals surface area contributed by atoms with Crippen LogP contribution in [0.2, 0.25) is 0 Å². The van der Waals surface area contributed by atoms with Crippen LogP contribution in [0.5, 0.6) is 5.75 Å². The molecule has 0 spiro atoms. The number of amides is 1. The van der Waals surface area contributed by atoms with Gasteiger partial charge in [-0.15, -0.1) is 0 Å². The summed E-state index contributed by atoms with van der Waals surface area (Å²) in [5, 5.41) is 38.3. The van der Waals surface area contributed by atoms with Crippen LogP contribution in [0.15, 0.2) is 28.6 Å². The normalized spacial score (nSPS) is 34.3. The number of Topliss-reactive ketones (excluding diaryl/α,β-unsaturated/α-hetero) is 1. The molecule has 0 aromatic heterocycles. The van der Waals surface area contributed by atoms with Crippen LogP contribution in [0.25, 0.3) is 0 Å². The molecule has 1 aromatic rings. The summed E-state index contributed by atoms with van der Waals surface area (Å²) in [6.07, 6.45) is 1.04. The van der Waals surface area contributed by atoms with Gasteiger partial charge in [-0.25, -0.2) is 0 Å². The van der Waals surface area contributed by atoms with Gasteiger partial charge in [0.25, 0.3) is 5.91 Å². The number of nitrogens with zero attached hydrogens (tertiary/aromatic N) is 3. The van der Waals surface area contributed by atoms with E-state index in [1.165, 1.54) is 0 Å². The lowest BCUT2D eigenvalue weighted by Crippen LogP contribution is -2.70. The molecule has 10 nitrogen and oxygen atoms in total. The molecule has 1 amide bonds. The fourth-order valence-electron chi connectivity index (χ4n) is 6.61. The largest absolute Gasteiger partial charge is 0.508 e. The van der Waals surface area contributed by atoms with Crippen molar-refractivity contribution < 1.29 is 24.9 Å². The highest BCUT2D eigenvalue weighted by Crippen LogP contribution is 2.55. The Hall–Kier alpha value is -3.11. The van der Waals surface area contributed by atoms with Crippen molar-refractivity contribution >= 4 is 23.1 Å². The van der Waals surface area contributed by atoms with Crippen LogP contribution >= 0.6 is 0 Å². The molecule has 10 heteroatoms. The fraction of sp³-hybridized carbons (Fsp3) is 0.522. The van der Waals surface area contributed by atoms with Gasteiger partial charge in [0.05, 0.1) is 17.8 Å². The van der Waals surface area contributed by atoms with Gasteiger partial charge in [-0.05, 0) is 50.6 Å². The first-order valence-electron chi connectivity index (χ1n) is 11.0. The van der Waals surface area contributed by atoms with E-state index in [9.17, 15) is 24.9 Å². The Kier molecular flexibility index (Phi) is 4.57. The summed E-state index contributed by atoms with van der Waals surface area (Å²) >= 11 is 0. The zero-order valence-electron chi connectivity index (χ0n) is 19.0. The topological polar surface area (TPSA) is 152 Å². The number of nitrogens with one attached hydrogen (secondary N) is 1. The molecule has 6 N–H and O–H groups in total. The average Bonchev–Trinajstić information content (AvgIpc) is 3.17. The minimum absolute atomic E-state index is 0.000188. The number of anilines is 1. The van der Waals surface area contributed by atoms with E-state index in [1.54, 1.807) is 25.1 Å². The maximum atomic E-state index is 13.2. The van der Waals surface area contributed by atoms with Crippen LogP contribution in [-0.2, 0) is 16.0 Å². The number of hydrazone groups is 1. The minimum Gasteiger partial charge on any atom is -0.508 e. The van der Waals surface area contributed by atoms with Crippen molar-refractivity contribution in [3.8, 4) is 5.75 Å². The van der Waals surface area contributed by atoms with Crippen molar-refractivity contribution in [2.24, 2.45) is 28.6 Å². The van der Waals surface area contributed by atoms with Crippen LogP contribution in [0.3, 0.4) is 0 Å². The van der Waals surface area contributed by atoms with Crippen LogP contribution in [0.1, 0.15) is 17.5 Å². The number of benzene rings is 1. The Morgan fingerprint density at radius 1 is 1.24 bits per heavy atom. The molecule has 0 saturated heterocycles. The van der Waals surface area contributed by atoms with Gasteiger partial charge in [0.1, 0.15) is 22.7 Å². The molecule has 1 aromatic carbocycles. The molecular weight excluding hydrogens is 426 g/mol. The monoisotopic (exact) mass is 455 g/mol. The van der Waals surface area contributed by atoms with Gasteiger partial charge in [-0.3, -0.25) is 14.5 Å². The van der Waals surface area contributed by atoms with Crippen LogP contribution in [0, 0.1) is 17.8 Å². The predicted octanol–water partition coefficient (Wildman–Crippen LogP) is -0.516. The Morgan fingerprint density at radius 3 is 2.55 bits per heavy atom. The first kappa shape index (κ1) is 21.7. The third-order valence-electron chi connectivity index (χ3n) is 7.89. The van der Waals surface area contributed by atoms with E-state index in [0.717, 1.165) is 11.3 Å². The summed E-state index contributed by atoms with van der Waals surface area (Å²) in [7, 11) is 7.29. The lowest BCUT2D eigenvalue weighted by atomic mass is 9.53. The van der Waals surface area contributed by atoms with Gasteiger partial charge in [-0.2, -0.15) is 5.10 Å².